The van der Waals surface area contributed by atoms with Gasteiger partial charge in [-0.1, -0.05) is 23.2 Å². The smallest absolute Gasteiger partial charge is 0.255 e. The maximum absolute atomic E-state index is 12.3. The first-order valence-electron chi connectivity index (χ1n) is 7.07. The van der Waals surface area contributed by atoms with Gasteiger partial charge in [0.2, 0.25) is 0 Å². The highest BCUT2D eigenvalue weighted by atomic mass is 35.5. The largest absolute Gasteiger partial charge is 0.369 e. The second-order valence-corrected chi connectivity index (χ2v) is 6.08. The zero-order valence-corrected chi connectivity index (χ0v) is 14.4. The number of likely N-dealkylation sites (N-methyl/N-ethyl adjacent to an activating group) is 1. The van der Waals surface area contributed by atoms with Gasteiger partial charge in [0.15, 0.2) is 0 Å². The molecule has 0 unspecified atom stereocenters. The second kappa shape index (κ2) is 8.15. The molecular formula is C16H18Cl2N4O. The van der Waals surface area contributed by atoms with Crippen LogP contribution in [0.3, 0.4) is 0 Å². The number of hydrogen-bond donors (Lipinski definition) is 2. The summed E-state index contributed by atoms with van der Waals surface area (Å²) in [6.07, 6.45) is 1.59. The topological polar surface area (TPSA) is 57.3 Å². The first-order chi connectivity index (χ1) is 11.0. The van der Waals surface area contributed by atoms with Crippen LogP contribution in [-0.4, -0.2) is 43.0 Å². The van der Waals surface area contributed by atoms with Gasteiger partial charge in [-0.05, 0) is 44.4 Å². The number of benzene rings is 1. The Kier molecular flexibility index (Phi) is 6.21. The van der Waals surface area contributed by atoms with Gasteiger partial charge in [0, 0.05) is 29.9 Å². The molecule has 1 aromatic carbocycles. The summed E-state index contributed by atoms with van der Waals surface area (Å²) in [5.41, 5.74) is 0.964. The van der Waals surface area contributed by atoms with Crippen LogP contribution in [0.2, 0.25) is 10.0 Å². The Morgan fingerprint density at radius 2 is 2.00 bits per heavy atom. The van der Waals surface area contributed by atoms with Crippen LogP contribution in [0.5, 0.6) is 0 Å². The van der Waals surface area contributed by atoms with Gasteiger partial charge < -0.3 is 15.5 Å². The quantitative estimate of drug-likeness (QED) is 0.833. The fourth-order valence-corrected chi connectivity index (χ4v) is 2.20. The Morgan fingerprint density at radius 3 is 2.74 bits per heavy atom. The summed E-state index contributed by atoms with van der Waals surface area (Å²) in [4.78, 5) is 18.6. The van der Waals surface area contributed by atoms with Crippen LogP contribution < -0.4 is 10.6 Å². The Bertz CT molecular complexity index is 692. The predicted octanol–water partition coefficient (Wildman–Crippen LogP) is 3.61. The lowest BCUT2D eigenvalue weighted by Crippen LogP contribution is -2.21. The normalized spacial score (nSPS) is 10.7. The molecule has 0 spiro atoms. The first-order valence-corrected chi connectivity index (χ1v) is 7.82. The van der Waals surface area contributed by atoms with E-state index in [1.165, 1.54) is 0 Å². The third-order valence-corrected chi connectivity index (χ3v) is 3.63. The molecule has 0 saturated heterocycles. The number of carbonyl (C=O) groups is 1. The van der Waals surface area contributed by atoms with E-state index in [1.54, 1.807) is 36.5 Å². The van der Waals surface area contributed by atoms with E-state index in [1.807, 2.05) is 14.1 Å². The van der Waals surface area contributed by atoms with Gasteiger partial charge in [0.25, 0.3) is 5.91 Å². The lowest BCUT2D eigenvalue weighted by molar-refractivity contribution is 0.102. The molecule has 0 bridgehead atoms. The molecular weight excluding hydrogens is 335 g/mol. The highest BCUT2D eigenvalue weighted by molar-refractivity contribution is 6.35. The van der Waals surface area contributed by atoms with E-state index >= 15 is 0 Å². The van der Waals surface area contributed by atoms with Crippen molar-refractivity contribution >= 4 is 40.6 Å². The van der Waals surface area contributed by atoms with Gasteiger partial charge in [-0.15, -0.1) is 0 Å². The predicted molar refractivity (Wildman–Crippen MR) is 95.7 cm³/mol. The van der Waals surface area contributed by atoms with Crippen molar-refractivity contribution in [3.05, 3.63) is 52.1 Å². The maximum atomic E-state index is 12.3. The Labute approximate surface area is 145 Å². The molecule has 5 nitrogen and oxygen atoms in total. The number of aromatic nitrogens is 1. The van der Waals surface area contributed by atoms with Gasteiger partial charge >= 0.3 is 0 Å². The number of pyridine rings is 1. The Morgan fingerprint density at radius 1 is 1.22 bits per heavy atom. The third-order valence-electron chi connectivity index (χ3n) is 3.06. The van der Waals surface area contributed by atoms with E-state index in [0.29, 0.717) is 27.1 Å². The van der Waals surface area contributed by atoms with Crippen molar-refractivity contribution in [2.75, 3.05) is 37.8 Å². The molecule has 2 N–H and O–H groups in total. The van der Waals surface area contributed by atoms with E-state index in [4.69, 9.17) is 23.2 Å². The summed E-state index contributed by atoms with van der Waals surface area (Å²) in [6.45, 7) is 1.61. The molecule has 1 amide bonds. The molecule has 122 valence electrons. The van der Waals surface area contributed by atoms with Crippen molar-refractivity contribution in [2.45, 2.75) is 0 Å². The van der Waals surface area contributed by atoms with E-state index in [2.05, 4.69) is 20.5 Å². The minimum absolute atomic E-state index is 0.271. The number of nitrogens with one attached hydrogen (secondary N) is 2. The Balaban J connectivity index is 2.06. The molecule has 1 heterocycles. The summed E-state index contributed by atoms with van der Waals surface area (Å²) in [5, 5.41) is 6.86. The minimum atomic E-state index is -0.271. The van der Waals surface area contributed by atoms with Crippen molar-refractivity contribution < 1.29 is 4.79 Å². The van der Waals surface area contributed by atoms with Crippen molar-refractivity contribution in [2.24, 2.45) is 0 Å². The van der Waals surface area contributed by atoms with Gasteiger partial charge in [0.1, 0.15) is 5.82 Å². The molecule has 0 aliphatic carbocycles. The molecule has 0 radical (unpaired) electrons. The number of anilines is 2. The third kappa shape index (κ3) is 5.39. The number of nitrogens with zero attached hydrogens (tertiary/aromatic N) is 2. The van der Waals surface area contributed by atoms with Crippen LogP contribution in [0.25, 0.3) is 0 Å². The lowest BCUT2D eigenvalue weighted by Gasteiger charge is -2.12. The van der Waals surface area contributed by atoms with E-state index < -0.39 is 0 Å². The summed E-state index contributed by atoms with van der Waals surface area (Å²) < 4.78 is 0. The van der Waals surface area contributed by atoms with Crippen LogP contribution in [-0.2, 0) is 0 Å². The molecule has 2 rings (SSSR count). The number of halogens is 2. The van der Waals surface area contributed by atoms with Gasteiger partial charge in [-0.3, -0.25) is 4.79 Å². The number of rotatable bonds is 6. The maximum Gasteiger partial charge on any atom is 0.255 e. The summed E-state index contributed by atoms with van der Waals surface area (Å²) in [5.74, 6) is 0.379. The van der Waals surface area contributed by atoms with Crippen LogP contribution in [0, 0.1) is 0 Å². The zero-order valence-electron chi connectivity index (χ0n) is 12.9. The second-order valence-electron chi connectivity index (χ2n) is 5.24. The van der Waals surface area contributed by atoms with Crippen LogP contribution >= 0.6 is 23.2 Å². The SMILES string of the molecule is CN(C)CCNc1cc(C(=O)Nc2cc(Cl)ccc2Cl)ccn1. The molecule has 1 aromatic heterocycles. The Hall–Kier alpha value is -1.82. The number of amides is 1. The molecule has 7 heteroatoms. The van der Waals surface area contributed by atoms with E-state index in [9.17, 15) is 4.79 Å². The molecule has 0 aliphatic rings. The minimum Gasteiger partial charge on any atom is -0.369 e. The molecule has 2 aromatic rings. The average Bonchev–Trinajstić information content (AvgIpc) is 2.51. The van der Waals surface area contributed by atoms with Gasteiger partial charge in [-0.2, -0.15) is 0 Å². The monoisotopic (exact) mass is 352 g/mol. The first kappa shape index (κ1) is 17.5. The fraction of sp³-hybridized carbons (Fsp3) is 0.250. The van der Waals surface area contributed by atoms with E-state index in [0.717, 1.165) is 13.1 Å². The molecule has 0 aliphatic heterocycles. The highest BCUT2D eigenvalue weighted by Crippen LogP contribution is 2.26. The van der Waals surface area contributed by atoms with Crippen molar-refractivity contribution in [1.82, 2.24) is 9.88 Å². The molecule has 0 atom stereocenters. The van der Waals surface area contributed by atoms with Crippen LogP contribution in [0.4, 0.5) is 11.5 Å². The average molecular weight is 353 g/mol. The number of hydrogen-bond acceptors (Lipinski definition) is 4. The van der Waals surface area contributed by atoms with Crippen molar-refractivity contribution in [3.63, 3.8) is 0 Å². The highest BCUT2D eigenvalue weighted by Gasteiger charge is 2.10. The van der Waals surface area contributed by atoms with Crippen LogP contribution in [0.1, 0.15) is 10.4 Å². The van der Waals surface area contributed by atoms with Gasteiger partial charge in [0.05, 0.1) is 10.7 Å². The zero-order chi connectivity index (χ0) is 16.8. The number of carbonyl (C=O) groups excluding carboxylic acids is 1. The van der Waals surface area contributed by atoms with Crippen LogP contribution in [0.15, 0.2) is 36.5 Å². The van der Waals surface area contributed by atoms with Crippen molar-refractivity contribution in [3.8, 4) is 0 Å². The lowest BCUT2D eigenvalue weighted by atomic mass is 10.2. The molecule has 0 fully saturated rings. The summed E-state index contributed by atoms with van der Waals surface area (Å²) in [7, 11) is 3.99. The molecule has 0 saturated carbocycles. The fourth-order valence-electron chi connectivity index (χ4n) is 1.86. The summed E-state index contributed by atoms with van der Waals surface area (Å²) >= 11 is 12.0. The van der Waals surface area contributed by atoms with E-state index in [-0.39, 0.29) is 5.91 Å². The molecule has 23 heavy (non-hydrogen) atoms. The van der Waals surface area contributed by atoms with Gasteiger partial charge in [-0.25, -0.2) is 4.98 Å². The summed E-state index contributed by atoms with van der Waals surface area (Å²) in [6, 6.07) is 8.26. The van der Waals surface area contributed by atoms with Crippen molar-refractivity contribution in [1.29, 1.82) is 0 Å². The standard InChI is InChI=1S/C16H18Cl2N4O/c1-22(2)8-7-20-15-9-11(5-6-19-15)16(23)21-14-10-12(17)3-4-13(14)18/h3-6,9-10H,7-8H2,1-2H3,(H,19,20)(H,21,23).